The smallest absolute Gasteiger partial charge is 0.249 e. The van der Waals surface area contributed by atoms with Gasteiger partial charge >= 0.3 is 0 Å². The van der Waals surface area contributed by atoms with Gasteiger partial charge in [-0.15, -0.1) is 11.3 Å². The minimum Gasteiger partial charge on any atom is -0.300 e. The Balaban J connectivity index is 1.82. The molecule has 1 aliphatic carbocycles. The van der Waals surface area contributed by atoms with Crippen molar-refractivity contribution in [3.8, 4) is 0 Å². The van der Waals surface area contributed by atoms with Crippen LogP contribution in [0, 0.1) is 17.8 Å². The van der Waals surface area contributed by atoms with Crippen molar-refractivity contribution in [1.29, 1.82) is 0 Å². The average Bonchev–Trinajstić information content (AvgIpc) is 3.17. The van der Waals surface area contributed by atoms with Gasteiger partial charge in [0.25, 0.3) is 0 Å². The summed E-state index contributed by atoms with van der Waals surface area (Å²) >= 11 is 1.14. The van der Waals surface area contributed by atoms with Gasteiger partial charge in [0.05, 0.1) is 11.8 Å². The quantitative estimate of drug-likeness (QED) is 0.458. The molecule has 1 N–H and O–H groups in total. The minimum atomic E-state index is -0.875. The molecule has 7 nitrogen and oxygen atoms in total. The number of amides is 3. The molecule has 1 fully saturated rings. The number of rotatable bonds is 6. The van der Waals surface area contributed by atoms with Crippen LogP contribution in [0.3, 0.4) is 0 Å². The highest BCUT2D eigenvalue weighted by molar-refractivity contribution is 7.14. The predicted molar refractivity (Wildman–Crippen MR) is 101 cm³/mol. The van der Waals surface area contributed by atoms with Crippen LogP contribution in [0.2, 0.25) is 0 Å². The van der Waals surface area contributed by atoms with Gasteiger partial charge in [0.15, 0.2) is 10.9 Å². The molecule has 8 heteroatoms. The Bertz CT molecular complexity index is 788. The van der Waals surface area contributed by atoms with Crippen LogP contribution in [0.1, 0.15) is 50.5 Å². The van der Waals surface area contributed by atoms with Crippen LogP contribution in [-0.4, -0.2) is 39.4 Å². The van der Waals surface area contributed by atoms with Crippen LogP contribution in [0.4, 0.5) is 5.13 Å². The zero-order valence-corrected chi connectivity index (χ0v) is 16.4. The van der Waals surface area contributed by atoms with Gasteiger partial charge in [-0.3, -0.25) is 24.1 Å². The highest BCUT2D eigenvalue weighted by Gasteiger charge is 2.51. The molecule has 3 amide bonds. The number of nitrogens with zero attached hydrogens (tertiary/aromatic N) is 2. The van der Waals surface area contributed by atoms with Crippen molar-refractivity contribution in [2.75, 3.05) is 5.32 Å². The van der Waals surface area contributed by atoms with E-state index < -0.39 is 11.9 Å². The normalized spacial score (nSPS) is 22.9. The molecule has 1 aromatic rings. The van der Waals surface area contributed by atoms with Crippen molar-refractivity contribution >= 4 is 40.0 Å². The van der Waals surface area contributed by atoms with Crippen LogP contribution < -0.4 is 5.32 Å². The highest BCUT2D eigenvalue weighted by atomic mass is 32.1. The molecular formula is C19H23N3O4S. The fraction of sp³-hybridized carbons (Fsp3) is 0.526. The Kier molecular flexibility index (Phi) is 5.55. The molecule has 0 radical (unpaired) electrons. The topological polar surface area (TPSA) is 96.4 Å². The fourth-order valence-electron chi connectivity index (χ4n) is 3.59. The number of hydrogen-bond donors (Lipinski definition) is 1. The van der Waals surface area contributed by atoms with E-state index >= 15 is 0 Å². The second-order valence-electron chi connectivity index (χ2n) is 7.43. The second-order valence-corrected chi connectivity index (χ2v) is 8.29. The largest absolute Gasteiger partial charge is 0.300 e. The molecular weight excluding hydrogens is 366 g/mol. The molecule has 27 heavy (non-hydrogen) atoms. The van der Waals surface area contributed by atoms with Crippen molar-refractivity contribution < 1.29 is 19.2 Å². The summed E-state index contributed by atoms with van der Waals surface area (Å²) in [4.78, 5) is 55.3. The molecule has 3 unspecified atom stereocenters. The minimum absolute atomic E-state index is 0.117. The molecule has 3 atom stereocenters. The number of likely N-dealkylation sites (tertiary alicyclic amines) is 1. The molecule has 1 saturated heterocycles. The Labute approximate surface area is 161 Å². The van der Waals surface area contributed by atoms with Gasteiger partial charge in [-0.05, 0) is 25.2 Å². The van der Waals surface area contributed by atoms with E-state index in [0.29, 0.717) is 19.3 Å². The number of nitrogens with one attached hydrogen (secondary N) is 1. The van der Waals surface area contributed by atoms with E-state index in [4.69, 9.17) is 0 Å². The van der Waals surface area contributed by atoms with Gasteiger partial charge in [-0.1, -0.05) is 26.0 Å². The Morgan fingerprint density at radius 2 is 1.81 bits per heavy atom. The number of anilines is 1. The SMILES string of the molecule is CC(=O)c1csc(NC(=O)C(CC(C)C)N2C(=O)C3CC=CCC3C2=O)n1. The average molecular weight is 389 g/mol. The van der Waals surface area contributed by atoms with Crippen LogP contribution in [0.25, 0.3) is 0 Å². The summed E-state index contributed by atoms with van der Waals surface area (Å²) in [5.74, 6) is -1.78. The molecule has 0 saturated carbocycles. The van der Waals surface area contributed by atoms with Gasteiger partial charge < -0.3 is 5.32 Å². The lowest BCUT2D eigenvalue weighted by molar-refractivity contribution is -0.147. The van der Waals surface area contributed by atoms with Crippen LogP contribution in [0.15, 0.2) is 17.5 Å². The lowest BCUT2D eigenvalue weighted by Gasteiger charge is -2.26. The Morgan fingerprint density at radius 1 is 1.22 bits per heavy atom. The van der Waals surface area contributed by atoms with Crippen LogP contribution >= 0.6 is 11.3 Å². The third-order valence-electron chi connectivity index (χ3n) is 4.95. The third kappa shape index (κ3) is 3.85. The molecule has 0 aromatic carbocycles. The first-order chi connectivity index (χ1) is 12.8. The third-order valence-corrected chi connectivity index (χ3v) is 5.70. The molecule has 1 aromatic heterocycles. The van der Waals surface area contributed by atoms with Crippen LogP contribution in [-0.2, 0) is 14.4 Å². The second kappa shape index (κ2) is 7.72. The van der Waals surface area contributed by atoms with E-state index in [0.717, 1.165) is 16.2 Å². The molecule has 3 rings (SSSR count). The summed E-state index contributed by atoms with van der Waals surface area (Å²) in [6, 6.07) is -0.875. The number of imide groups is 1. The van der Waals surface area contributed by atoms with E-state index in [-0.39, 0.29) is 46.2 Å². The Hall–Kier alpha value is -2.35. The summed E-state index contributed by atoms with van der Waals surface area (Å²) in [5.41, 5.74) is 0.279. The number of aromatic nitrogens is 1. The van der Waals surface area contributed by atoms with Crippen molar-refractivity contribution in [2.45, 2.75) is 46.1 Å². The molecule has 2 heterocycles. The molecule has 1 aliphatic heterocycles. The van der Waals surface area contributed by atoms with Crippen LogP contribution in [0.5, 0.6) is 0 Å². The van der Waals surface area contributed by atoms with Crippen molar-refractivity contribution in [2.24, 2.45) is 17.8 Å². The van der Waals surface area contributed by atoms with Crippen molar-refractivity contribution in [3.05, 3.63) is 23.2 Å². The van der Waals surface area contributed by atoms with E-state index in [9.17, 15) is 19.2 Å². The Morgan fingerprint density at radius 3 is 2.30 bits per heavy atom. The number of carbonyl (C=O) groups is 4. The number of allylic oxidation sites excluding steroid dienone is 2. The zero-order chi connectivity index (χ0) is 19.7. The lowest BCUT2D eigenvalue weighted by Crippen LogP contribution is -2.48. The van der Waals surface area contributed by atoms with Gasteiger partial charge in [-0.25, -0.2) is 4.98 Å². The first kappa shape index (κ1) is 19.4. The van der Waals surface area contributed by atoms with E-state index in [1.165, 1.54) is 6.92 Å². The van der Waals surface area contributed by atoms with Gasteiger partial charge in [-0.2, -0.15) is 0 Å². The number of hydrogen-bond acceptors (Lipinski definition) is 6. The maximum absolute atomic E-state index is 12.9. The number of thiazole rings is 1. The lowest BCUT2D eigenvalue weighted by atomic mass is 9.85. The molecule has 144 valence electrons. The monoisotopic (exact) mass is 389 g/mol. The first-order valence-corrected chi connectivity index (χ1v) is 9.96. The summed E-state index contributed by atoms with van der Waals surface area (Å²) in [7, 11) is 0. The first-order valence-electron chi connectivity index (χ1n) is 9.08. The van der Waals surface area contributed by atoms with E-state index in [1.807, 2.05) is 26.0 Å². The number of Topliss-reactive ketones (excluding diaryl/α,β-unsaturated/α-hetero) is 1. The molecule has 0 spiro atoms. The van der Waals surface area contributed by atoms with Gasteiger partial charge in [0, 0.05) is 12.3 Å². The predicted octanol–water partition coefficient (Wildman–Crippen LogP) is 2.65. The number of fused-ring (bicyclic) bond motifs is 1. The standard InChI is InChI=1S/C19H23N3O4S/c1-10(2)8-15(16(24)21-19-20-14(9-27-19)11(3)23)22-17(25)12-6-4-5-7-13(12)18(22)26/h4-5,9-10,12-13,15H,6-8H2,1-3H3,(H,20,21,24). The van der Waals surface area contributed by atoms with Gasteiger partial charge in [0.1, 0.15) is 11.7 Å². The number of carbonyl (C=O) groups excluding carboxylic acids is 4. The van der Waals surface area contributed by atoms with E-state index in [2.05, 4.69) is 10.3 Å². The van der Waals surface area contributed by atoms with Crippen molar-refractivity contribution in [1.82, 2.24) is 9.88 Å². The maximum atomic E-state index is 12.9. The zero-order valence-electron chi connectivity index (χ0n) is 15.6. The fourth-order valence-corrected chi connectivity index (χ4v) is 4.34. The summed E-state index contributed by atoms with van der Waals surface area (Å²) in [5, 5.41) is 4.54. The maximum Gasteiger partial charge on any atom is 0.249 e. The van der Waals surface area contributed by atoms with Gasteiger partial charge in [0.2, 0.25) is 17.7 Å². The number of ketones is 1. The highest BCUT2D eigenvalue weighted by Crippen LogP contribution is 2.37. The van der Waals surface area contributed by atoms with Crippen molar-refractivity contribution in [3.63, 3.8) is 0 Å². The summed E-state index contributed by atoms with van der Waals surface area (Å²) < 4.78 is 0. The molecule has 0 bridgehead atoms. The summed E-state index contributed by atoms with van der Waals surface area (Å²) in [6.45, 7) is 5.29. The summed E-state index contributed by atoms with van der Waals surface area (Å²) in [6.07, 6.45) is 5.30. The van der Waals surface area contributed by atoms with E-state index in [1.54, 1.807) is 5.38 Å². The molecule has 2 aliphatic rings.